The smallest absolute Gasteiger partial charge is 0.283 e. The van der Waals surface area contributed by atoms with E-state index in [9.17, 15) is 9.90 Å². The average Bonchev–Trinajstić information content (AvgIpc) is 2.42. The van der Waals surface area contributed by atoms with E-state index < -0.39 is 0 Å². The van der Waals surface area contributed by atoms with Crippen molar-refractivity contribution in [2.45, 2.75) is 39.0 Å². The Bertz CT molecular complexity index is 544. The van der Waals surface area contributed by atoms with E-state index in [1.165, 1.54) is 4.68 Å². The van der Waals surface area contributed by atoms with Crippen LogP contribution in [-0.4, -0.2) is 40.7 Å². The van der Waals surface area contributed by atoms with Crippen molar-refractivity contribution in [2.24, 2.45) is 5.41 Å². The lowest BCUT2D eigenvalue weighted by Gasteiger charge is -2.49. The highest BCUT2D eigenvalue weighted by molar-refractivity contribution is 9.10. The molecule has 0 aromatic carbocycles. The summed E-state index contributed by atoms with van der Waals surface area (Å²) in [6, 6.07) is 0.129. The summed E-state index contributed by atoms with van der Waals surface area (Å²) in [6.45, 7) is 4.86. The van der Waals surface area contributed by atoms with Crippen LogP contribution in [0.15, 0.2) is 15.5 Å². The van der Waals surface area contributed by atoms with Crippen LogP contribution in [-0.2, 0) is 11.3 Å². The van der Waals surface area contributed by atoms with Crippen molar-refractivity contribution in [3.8, 4) is 0 Å². The highest BCUT2D eigenvalue weighted by atomic mass is 79.9. The van der Waals surface area contributed by atoms with E-state index in [0.29, 0.717) is 29.7 Å². The van der Waals surface area contributed by atoms with Crippen molar-refractivity contribution >= 4 is 21.6 Å². The van der Waals surface area contributed by atoms with Crippen LogP contribution in [0.1, 0.15) is 20.3 Å². The number of methoxy groups -OCH3 is 1. The Kier molecular flexibility index (Phi) is 4.51. The first-order valence-corrected chi connectivity index (χ1v) is 7.36. The topological polar surface area (TPSA) is 76.4 Å². The normalized spacial score (nSPS) is 24.2. The SMILES string of the molecule is COCCn1ncc(NC2CC(O)C2(C)C)c(Br)c1=O. The highest BCUT2D eigenvalue weighted by Crippen LogP contribution is 2.42. The third-order valence-corrected chi connectivity index (χ3v) is 4.80. The van der Waals surface area contributed by atoms with Crippen LogP contribution in [0.3, 0.4) is 0 Å². The van der Waals surface area contributed by atoms with Crippen LogP contribution in [0, 0.1) is 5.41 Å². The number of anilines is 1. The van der Waals surface area contributed by atoms with Crippen molar-refractivity contribution in [1.82, 2.24) is 9.78 Å². The molecule has 1 saturated carbocycles. The third kappa shape index (κ3) is 2.75. The monoisotopic (exact) mass is 345 g/mol. The van der Waals surface area contributed by atoms with Crippen LogP contribution >= 0.6 is 15.9 Å². The van der Waals surface area contributed by atoms with Gasteiger partial charge in [0.1, 0.15) is 4.47 Å². The molecule has 1 aliphatic rings. The number of nitrogens with zero attached hydrogens (tertiary/aromatic N) is 2. The summed E-state index contributed by atoms with van der Waals surface area (Å²) >= 11 is 3.32. The van der Waals surface area contributed by atoms with Crippen molar-refractivity contribution in [1.29, 1.82) is 0 Å². The van der Waals surface area contributed by atoms with Gasteiger partial charge in [-0.25, -0.2) is 4.68 Å². The zero-order valence-electron chi connectivity index (χ0n) is 11.9. The zero-order valence-corrected chi connectivity index (χ0v) is 13.5. The van der Waals surface area contributed by atoms with Gasteiger partial charge >= 0.3 is 0 Å². The summed E-state index contributed by atoms with van der Waals surface area (Å²) in [6.07, 6.45) is 1.99. The summed E-state index contributed by atoms with van der Waals surface area (Å²) < 4.78 is 6.76. The van der Waals surface area contributed by atoms with Crippen LogP contribution in [0.5, 0.6) is 0 Å². The molecule has 0 bridgehead atoms. The number of hydrogen-bond acceptors (Lipinski definition) is 5. The number of halogens is 1. The molecule has 0 amide bonds. The van der Waals surface area contributed by atoms with Gasteiger partial charge < -0.3 is 15.2 Å². The first kappa shape index (κ1) is 15.5. The van der Waals surface area contributed by atoms with E-state index in [2.05, 4.69) is 26.3 Å². The van der Waals surface area contributed by atoms with Gasteiger partial charge in [0.15, 0.2) is 0 Å². The molecule has 2 N–H and O–H groups in total. The van der Waals surface area contributed by atoms with E-state index >= 15 is 0 Å². The Balaban J connectivity index is 2.14. The lowest BCUT2D eigenvalue weighted by molar-refractivity contribution is -0.0510. The number of nitrogens with one attached hydrogen (secondary N) is 1. The van der Waals surface area contributed by atoms with Gasteiger partial charge in [0, 0.05) is 18.6 Å². The maximum Gasteiger partial charge on any atom is 0.283 e. The molecule has 0 radical (unpaired) electrons. The summed E-state index contributed by atoms with van der Waals surface area (Å²) in [5, 5.41) is 17.1. The largest absolute Gasteiger partial charge is 0.392 e. The maximum absolute atomic E-state index is 12.1. The summed E-state index contributed by atoms with van der Waals surface area (Å²) in [5.41, 5.74) is 0.267. The van der Waals surface area contributed by atoms with E-state index in [1.54, 1.807) is 13.3 Å². The molecule has 112 valence electrons. The molecule has 1 aromatic rings. The summed E-state index contributed by atoms with van der Waals surface area (Å²) in [5.74, 6) is 0. The van der Waals surface area contributed by atoms with Gasteiger partial charge in [0.05, 0.1) is 31.1 Å². The Labute approximate surface area is 126 Å². The van der Waals surface area contributed by atoms with Crippen LogP contribution in [0.2, 0.25) is 0 Å². The minimum absolute atomic E-state index is 0.129. The Hall–Kier alpha value is -0.920. The molecule has 7 heteroatoms. The van der Waals surface area contributed by atoms with Gasteiger partial charge in [-0.05, 0) is 22.4 Å². The number of ether oxygens (including phenoxy) is 1. The van der Waals surface area contributed by atoms with Crippen LogP contribution in [0.4, 0.5) is 5.69 Å². The highest BCUT2D eigenvalue weighted by Gasteiger charge is 2.47. The lowest BCUT2D eigenvalue weighted by Crippen LogP contribution is -2.57. The van der Waals surface area contributed by atoms with Crippen molar-refractivity contribution in [3.63, 3.8) is 0 Å². The quantitative estimate of drug-likeness (QED) is 0.839. The second kappa shape index (κ2) is 5.83. The van der Waals surface area contributed by atoms with Gasteiger partial charge in [0.2, 0.25) is 0 Å². The summed E-state index contributed by atoms with van der Waals surface area (Å²) in [4.78, 5) is 12.1. The van der Waals surface area contributed by atoms with Gasteiger partial charge in [-0.3, -0.25) is 4.79 Å². The minimum atomic E-state index is -0.311. The van der Waals surface area contributed by atoms with Gasteiger partial charge in [0.25, 0.3) is 5.56 Å². The number of aliphatic hydroxyl groups is 1. The molecule has 0 spiro atoms. The first-order valence-electron chi connectivity index (χ1n) is 6.57. The van der Waals surface area contributed by atoms with E-state index in [1.807, 2.05) is 13.8 Å². The summed E-state index contributed by atoms with van der Waals surface area (Å²) in [7, 11) is 1.58. The molecular formula is C13H20BrN3O3. The number of aromatic nitrogens is 2. The van der Waals surface area contributed by atoms with Gasteiger partial charge in [-0.1, -0.05) is 13.8 Å². The predicted molar refractivity (Wildman–Crippen MR) is 79.9 cm³/mol. The third-order valence-electron chi connectivity index (χ3n) is 4.04. The maximum atomic E-state index is 12.1. The Morgan fingerprint density at radius 3 is 2.90 bits per heavy atom. The molecule has 20 heavy (non-hydrogen) atoms. The fourth-order valence-electron chi connectivity index (χ4n) is 2.24. The number of hydrogen-bond donors (Lipinski definition) is 2. The minimum Gasteiger partial charge on any atom is -0.392 e. The molecule has 2 rings (SSSR count). The van der Waals surface area contributed by atoms with Gasteiger partial charge in [-0.2, -0.15) is 5.10 Å². The Morgan fingerprint density at radius 2 is 2.35 bits per heavy atom. The fourth-order valence-corrected chi connectivity index (χ4v) is 2.66. The molecule has 6 nitrogen and oxygen atoms in total. The van der Waals surface area contributed by atoms with E-state index in [4.69, 9.17) is 4.74 Å². The molecule has 1 fully saturated rings. The second-order valence-electron chi connectivity index (χ2n) is 5.66. The fraction of sp³-hybridized carbons (Fsp3) is 0.692. The molecule has 1 aromatic heterocycles. The molecule has 1 aliphatic carbocycles. The standard InChI is InChI=1S/C13H20BrN3O3/c1-13(2)9(6-10(13)18)16-8-7-15-17(4-5-20-3)12(19)11(8)14/h7,9-10,16,18H,4-6H2,1-3H3. The van der Waals surface area contributed by atoms with Crippen molar-refractivity contribution in [3.05, 3.63) is 21.0 Å². The second-order valence-corrected chi connectivity index (χ2v) is 6.46. The number of aliphatic hydroxyl groups excluding tert-OH is 1. The predicted octanol–water partition coefficient (Wildman–Crippen LogP) is 1.22. The number of rotatable bonds is 5. The lowest BCUT2D eigenvalue weighted by atomic mass is 9.64. The van der Waals surface area contributed by atoms with E-state index in [-0.39, 0.29) is 23.1 Å². The van der Waals surface area contributed by atoms with Gasteiger partial charge in [-0.15, -0.1) is 0 Å². The molecule has 2 atom stereocenters. The molecule has 0 aliphatic heterocycles. The first-order chi connectivity index (χ1) is 9.37. The molecule has 0 saturated heterocycles. The van der Waals surface area contributed by atoms with Crippen LogP contribution in [0.25, 0.3) is 0 Å². The molecular weight excluding hydrogens is 326 g/mol. The zero-order chi connectivity index (χ0) is 14.9. The molecule has 2 unspecified atom stereocenters. The average molecular weight is 346 g/mol. The Morgan fingerprint density at radius 1 is 1.65 bits per heavy atom. The molecule has 1 heterocycles. The van der Waals surface area contributed by atoms with E-state index in [0.717, 1.165) is 0 Å². The van der Waals surface area contributed by atoms with Crippen molar-refractivity contribution < 1.29 is 9.84 Å². The van der Waals surface area contributed by atoms with Crippen molar-refractivity contribution in [2.75, 3.05) is 19.0 Å². The van der Waals surface area contributed by atoms with Crippen LogP contribution < -0.4 is 10.9 Å².